The van der Waals surface area contributed by atoms with Gasteiger partial charge in [0.25, 0.3) is 0 Å². The Balaban J connectivity index is 3.08. The van der Waals surface area contributed by atoms with E-state index < -0.39 is 32.4 Å². The molecule has 2 N–H and O–H groups in total. The number of hydrogen-bond acceptors (Lipinski definition) is 6. The van der Waals surface area contributed by atoms with Crippen molar-refractivity contribution in [3.05, 3.63) is 28.3 Å². The van der Waals surface area contributed by atoms with E-state index in [0.717, 1.165) is 18.2 Å². The summed E-state index contributed by atoms with van der Waals surface area (Å²) in [5.41, 5.74) is -0.665. The number of benzene rings is 1. The normalized spacial score (nSPS) is 13.2. The number of aromatic hydroxyl groups is 1. The molecular formula is C10H14N2O6S. The molecule has 0 heterocycles. The molecule has 0 radical (unpaired) electrons. The van der Waals surface area contributed by atoms with Crippen molar-refractivity contribution in [2.45, 2.75) is 17.9 Å². The molecule has 19 heavy (non-hydrogen) atoms. The Hall–Kier alpha value is -1.71. The molecule has 0 saturated carbocycles. The highest BCUT2D eigenvalue weighted by Crippen LogP contribution is 2.28. The molecule has 1 rings (SSSR count). The zero-order chi connectivity index (χ0) is 14.6. The summed E-state index contributed by atoms with van der Waals surface area (Å²) in [7, 11) is -2.47. The number of nitrogens with zero attached hydrogens (tertiary/aromatic N) is 1. The highest BCUT2D eigenvalue weighted by Gasteiger charge is 2.22. The number of phenols is 1. The van der Waals surface area contributed by atoms with Crippen molar-refractivity contribution >= 4 is 15.7 Å². The number of nitrogens with one attached hydrogen (secondary N) is 1. The number of sulfonamides is 1. The summed E-state index contributed by atoms with van der Waals surface area (Å²) in [4.78, 5) is 9.49. The lowest BCUT2D eigenvalue weighted by atomic mass is 10.3. The Kier molecular flexibility index (Phi) is 4.81. The van der Waals surface area contributed by atoms with E-state index >= 15 is 0 Å². The summed E-state index contributed by atoms with van der Waals surface area (Å²) >= 11 is 0. The summed E-state index contributed by atoms with van der Waals surface area (Å²) < 4.78 is 31.0. The summed E-state index contributed by atoms with van der Waals surface area (Å²) in [6.45, 7) is 1.76. The van der Waals surface area contributed by atoms with Crippen LogP contribution < -0.4 is 4.72 Å². The van der Waals surface area contributed by atoms with Gasteiger partial charge in [-0.25, -0.2) is 13.1 Å². The molecule has 0 spiro atoms. The number of nitro groups is 1. The molecule has 0 fully saturated rings. The van der Waals surface area contributed by atoms with E-state index in [2.05, 4.69) is 4.72 Å². The molecule has 0 amide bonds. The highest BCUT2D eigenvalue weighted by atomic mass is 32.2. The summed E-state index contributed by atoms with van der Waals surface area (Å²) in [5, 5.41) is 19.9. The number of phenolic OH excluding ortho intramolecular Hbond substituents is 1. The van der Waals surface area contributed by atoms with E-state index in [1.165, 1.54) is 7.11 Å². The predicted molar refractivity (Wildman–Crippen MR) is 66.4 cm³/mol. The number of methoxy groups -OCH3 is 1. The third kappa shape index (κ3) is 3.88. The summed E-state index contributed by atoms with van der Waals surface area (Å²) in [5.74, 6) is -0.589. The van der Waals surface area contributed by atoms with Crippen molar-refractivity contribution in [2.24, 2.45) is 0 Å². The zero-order valence-electron chi connectivity index (χ0n) is 10.4. The van der Waals surface area contributed by atoms with Crippen LogP contribution in [0.2, 0.25) is 0 Å². The van der Waals surface area contributed by atoms with Crippen molar-refractivity contribution in [3.63, 3.8) is 0 Å². The van der Waals surface area contributed by atoms with Crippen LogP contribution in [0, 0.1) is 10.1 Å². The van der Waals surface area contributed by atoms with Crippen LogP contribution >= 0.6 is 0 Å². The van der Waals surface area contributed by atoms with Gasteiger partial charge in [0.05, 0.1) is 16.4 Å². The predicted octanol–water partition coefficient (Wildman–Crippen LogP) is 0.614. The maximum absolute atomic E-state index is 11.9. The van der Waals surface area contributed by atoms with E-state index in [1.54, 1.807) is 6.92 Å². The lowest BCUT2D eigenvalue weighted by Gasteiger charge is -2.13. The molecule has 9 heteroatoms. The van der Waals surface area contributed by atoms with Crippen LogP contribution in [0.15, 0.2) is 23.1 Å². The number of rotatable bonds is 6. The molecular weight excluding hydrogens is 276 g/mol. The van der Waals surface area contributed by atoms with Gasteiger partial charge in [0.1, 0.15) is 0 Å². The molecule has 1 unspecified atom stereocenters. The molecule has 1 aromatic carbocycles. The van der Waals surface area contributed by atoms with Gasteiger partial charge in [0.2, 0.25) is 10.0 Å². The molecule has 0 aromatic heterocycles. The van der Waals surface area contributed by atoms with Gasteiger partial charge >= 0.3 is 5.69 Å². The Morgan fingerprint density at radius 2 is 2.16 bits per heavy atom. The second-order valence-corrected chi connectivity index (χ2v) is 5.60. The first-order valence-corrected chi connectivity index (χ1v) is 6.75. The number of hydrogen-bond donors (Lipinski definition) is 2. The monoisotopic (exact) mass is 290 g/mol. The Morgan fingerprint density at radius 3 is 2.68 bits per heavy atom. The van der Waals surface area contributed by atoms with Crippen LogP contribution in [0.1, 0.15) is 6.92 Å². The minimum absolute atomic E-state index is 0.166. The second-order valence-electron chi connectivity index (χ2n) is 3.89. The Bertz CT molecular complexity index is 571. The van der Waals surface area contributed by atoms with E-state index in [0.29, 0.717) is 0 Å². The van der Waals surface area contributed by atoms with E-state index in [-0.39, 0.29) is 11.5 Å². The zero-order valence-corrected chi connectivity index (χ0v) is 11.2. The minimum Gasteiger partial charge on any atom is -0.502 e. The molecule has 0 aliphatic rings. The van der Waals surface area contributed by atoms with Gasteiger partial charge in [-0.2, -0.15) is 0 Å². The van der Waals surface area contributed by atoms with E-state index in [4.69, 9.17) is 4.74 Å². The Morgan fingerprint density at radius 1 is 1.53 bits per heavy atom. The van der Waals surface area contributed by atoms with Crippen LogP contribution in [-0.4, -0.2) is 38.2 Å². The molecule has 0 saturated heterocycles. The van der Waals surface area contributed by atoms with E-state index in [1.807, 2.05) is 0 Å². The SMILES string of the molecule is COCC(C)NS(=O)(=O)c1ccc(O)c([N+](=O)[O-])c1. The summed E-state index contributed by atoms with van der Waals surface area (Å²) in [6.07, 6.45) is 0. The van der Waals surface area contributed by atoms with Crippen molar-refractivity contribution in [2.75, 3.05) is 13.7 Å². The van der Waals surface area contributed by atoms with Gasteiger partial charge in [-0.05, 0) is 19.1 Å². The maximum atomic E-state index is 11.9. The minimum atomic E-state index is -3.90. The highest BCUT2D eigenvalue weighted by molar-refractivity contribution is 7.89. The number of ether oxygens (including phenoxy) is 1. The topological polar surface area (TPSA) is 119 Å². The molecule has 1 aromatic rings. The first kappa shape index (κ1) is 15.3. The first-order chi connectivity index (χ1) is 8.77. The molecule has 0 bridgehead atoms. The molecule has 0 aliphatic heterocycles. The lowest BCUT2D eigenvalue weighted by Crippen LogP contribution is -2.35. The van der Waals surface area contributed by atoms with Crippen LogP contribution in [-0.2, 0) is 14.8 Å². The standard InChI is InChI=1S/C10H14N2O6S/c1-7(6-18-2)11-19(16,17)8-3-4-10(13)9(5-8)12(14)15/h3-5,7,11,13H,6H2,1-2H3. The first-order valence-electron chi connectivity index (χ1n) is 5.26. The maximum Gasteiger partial charge on any atom is 0.312 e. The quantitative estimate of drug-likeness (QED) is 0.585. The smallest absolute Gasteiger partial charge is 0.312 e. The largest absolute Gasteiger partial charge is 0.502 e. The average molecular weight is 290 g/mol. The fourth-order valence-electron chi connectivity index (χ4n) is 1.43. The fourth-order valence-corrected chi connectivity index (χ4v) is 2.68. The van der Waals surface area contributed by atoms with Crippen molar-refractivity contribution in [3.8, 4) is 5.75 Å². The third-order valence-corrected chi connectivity index (χ3v) is 3.81. The molecule has 8 nitrogen and oxygen atoms in total. The van der Waals surface area contributed by atoms with Gasteiger partial charge in [-0.1, -0.05) is 0 Å². The van der Waals surface area contributed by atoms with Crippen molar-refractivity contribution < 1.29 is 23.2 Å². The fraction of sp³-hybridized carbons (Fsp3) is 0.400. The second kappa shape index (κ2) is 5.95. The van der Waals surface area contributed by atoms with Crippen molar-refractivity contribution in [1.29, 1.82) is 0 Å². The number of nitro benzene ring substituents is 1. The molecule has 106 valence electrons. The van der Waals surface area contributed by atoms with Gasteiger partial charge < -0.3 is 9.84 Å². The molecule has 1 atom stereocenters. The van der Waals surface area contributed by atoms with Gasteiger partial charge in [0.15, 0.2) is 5.75 Å². The molecule has 0 aliphatic carbocycles. The van der Waals surface area contributed by atoms with Crippen LogP contribution in [0.5, 0.6) is 5.75 Å². The van der Waals surface area contributed by atoms with Crippen molar-refractivity contribution in [1.82, 2.24) is 4.72 Å². The van der Waals surface area contributed by atoms with Gasteiger partial charge in [-0.15, -0.1) is 0 Å². The third-order valence-electron chi connectivity index (χ3n) is 2.23. The lowest BCUT2D eigenvalue weighted by molar-refractivity contribution is -0.386. The average Bonchev–Trinajstić information content (AvgIpc) is 2.28. The Labute approximate surface area is 110 Å². The van der Waals surface area contributed by atoms with Crippen LogP contribution in [0.3, 0.4) is 0 Å². The van der Waals surface area contributed by atoms with Crippen LogP contribution in [0.4, 0.5) is 5.69 Å². The van der Waals surface area contributed by atoms with Gasteiger partial charge in [-0.3, -0.25) is 10.1 Å². The van der Waals surface area contributed by atoms with Crippen LogP contribution in [0.25, 0.3) is 0 Å². The van der Waals surface area contributed by atoms with Gasteiger partial charge in [0, 0.05) is 19.2 Å². The summed E-state index contributed by atoms with van der Waals surface area (Å²) in [6, 6.07) is 2.37. The van der Waals surface area contributed by atoms with E-state index in [9.17, 15) is 23.6 Å².